The fraction of sp³-hybridized carbons (Fsp3) is 0.417. The van der Waals surface area contributed by atoms with E-state index in [1.807, 2.05) is 0 Å². The fourth-order valence-electron chi connectivity index (χ4n) is 1.45. The molecule has 5 heteroatoms. The number of halogens is 1. The van der Waals surface area contributed by atoms with Crippen LogP contribution in [0.3, 0.4) is 0 Å². The van der Waals surface area contributed by atoms with Gasteiger partial charge in [-0.3, -0.25) is 4.79 Å². The Labute approximate surface area is 106 Å². The standard InChI is InChI=1S/C12H17ClN2O2/c1-17-11-4-3-10(13)7-9(11)8-12(16)15-6-2-5-14/h3-4,7H,2,5-6,8,14H2,1H3,(H,15,16). The quantitative estimate of drug-likeness (QED) is 0.756. The predicted molar refractivity (Wildman–Crippen MR) is 68.4 cm³/mol. The summed E-state index contributed by atoms with van der Waals surface area (Å²) in [5.74, 6) is 0.613. The van der Waals surface area contributed by atoms with Crippen LogP contribution in [0, 0.1) is 0 Å². The van der Waals surface area contributed by atoms with Crippen LogP contribution in [0.4, 0.5) is 0 Å². The van der Waals surface area contributed by atoms with Crippen LogP contribution >= 0.6 is 11.6 Å². The van der Waals surface area contributed by atoms with Gasteiger partial charge in [0.2, 0.25) is 5.91 Å². The minimum absolute atomic E-state index is 0.0565. The van der Waals surface area contributed by atoms with E-state index in [-0.39, 0.29) is 12.3 Å². The van der Waals surface area contributed by atoms with Gasteiger partial charge < -0.3 is 15.8 Å². The Bertz CT molecular complexity index is 383. The third kappa shape index (κ3) is 4.63. The largest absolute Gasteiger partial charge is 0.496 e. The maximum atomic E-state index is 11.6. The lowest BCUT2D eigenvalue weighted by molar-refractivity contribution is -0.120. The van der Waals surface area contributed by atoms with Gasteiger partial charge in [-0.1, -0.05) is 11.6 Å². The second-order valence-corrected chi connectivity index (χ2v) is 4.06. The highest BCUT2D eigenvalue weighted by Gasteiger charge is 2.08. The van der Waals surface area contributed by atoms with Crippen LogP contribution in [0.25, 0.3) is 0 Å². The van der Waals surface area contributed by atoms with Crippen molar-refractivity contribution in [1.82, 2.24) is 5.32 Å². The normalized spacial score (nSPS) is 10.1. The molecule has 1 amide bonds. The van der Waals surface area contributed by atoms with Crippen molar-refractivity contribution in [2.75, 3.05) is 20.2 Å². The van der Waals surface area contributed by atoms with E-state index in [0.29, 0.717) is 23.9 Å². The summed E-state index contributed by atoms with van der Waals surface area (Å²) in [6.45, 7) is 1.17. The smallest absolute Gasteiger partial charge is 0.224 e. The lowest BCUT2D eigenvalue weighted by Gasteiger charge is -2.09. The molecule has 0 unspecified atom stereocenters. The number of carbonyl (C=O) groups is 1. The molecule has 0 bridgehead atoms. The topological polar surface area (TPSA) is 64.3 Å². The first kappa shape index (κ1) is 13.8. The molecule has 0 heterocycles. The Morgan fingerprint density at radius 1 is 1.53 bits per heavy atom. The summed E-state index contributed by atoms with van der Waals surface area (Å²) >= 11 is 5.88. The van der Waals surface area contributed by atoms with Crippen molar-refractivity contribution in [2.45, 2.75) is 12.8 Å². The van der Waals surface area contributed by atoms with Gasteiger partial charge in [0, 0.05) is 17.1 Å². The Hall–Kier alpha value is -1.26. The number of hydrogen-bond acceptors (Lipinski definition) is 3. The van der Waals surface area contributed by atoms with Gasteiger partial charge in [0.1, 0.15) is 5.75 Å². The van der Waals surface area contributed by atoms with E-state index in [2.05, 4.69) is 5.32 Å². The first-order chi connectivity index (χ1) is 8.17. The number of hydrogen-bond donors (Lipinski definition) is 2. The van der Waals surface area contributed by atoms with E-state index in [1.165, 1.54) is 0 Å². The summed E-state index contributed by atoms with van der Waals surface area (Å²) in [5.41, 5.74) is 6.13. The van der Waals surface area contributed by atoms with Crippen LogP contribution in [0.2, 0.25) is 5.02 Å². The SMILES string of the molecule is COc1ccc(Cl)cc1CC(=O)NCCCN. The van der Waals surface area contributed by atoms with E-state index in [4.69, 9.17) is 22.1 Å². The summed E-state index contributed by atoms with van der Waals surface area (Å²) in [6.07, 6.45) is 1.03. The van der Waals surface area contributed by atoms with Crippen LogP contribution in [0.5, 0.6) is 5.75 Å². The molecule has 0 aliphatic carbocycles. The number of amides is 1. The van der Waals surface area contributed by atoms with Crippen molar-refractivity contribution < 1.29 is 9.53 Å². The number of benzene rings is 1. The number of nitrogens with two attached hydrogens (primary N) is 1. The van der Waals surface area contributed by atoms with Crippen LogP contribution in [-0.2, 0) is 11.2 Å². The minimum atomic E-state index is -0.0565. The molecule has 17 heavy (non-hydrogen) atoms. The van der Waals surface area contributed by atoms with Crippen molar-refractivity contribution in [2.24, 2.45) is 5.73 Å². The van der Waals surface area contributed by atoms with Gasteiger partial charge in [0.25, 0.3) is 0 Å². The zero-order valence-electron chi connectivity index (χ0n) is 9.83. The van der Waals surface area contributed by atoms with E-state index >= 15 is 0 Å². The number of rotatable bonds is 6. The molecule has 0 atom stereocenters. The molecule has 0 radical (unpaired) electrons. The number of nitrogens with one attached hydrogen (secondary N) is 1. The van der Waals surface area contributed by atoms with Crippen molar-refractivity contribution in [3.63, 3.8) is 0 Å². The second-order valence-electron chi connectivity index (χ2n) is 3.63. The molecule has 0 aromatic heterocycles. The molecule has 1 rings (SSSR count). The van der Waals surface area contributed by atoms with Gasteiger partial charge in [-0.05, 0) is 31.2 Å². The average Bonchev–Trinajstić information content (AvgIpc) is 2.29. The summed E-state index contributed by atoms with van der Waals surface area (Å²) in [7, 11) is 1.57. The molecule has 0 spiro atoms. The van der Waals surface area contributed by atoms with Gasteiger partial charge in [-0.15, -0.1) is 0 Å². The lowest BCUT2D eigenvalue weighted by Crippen LogP contribution is -2.27. The zero-order chi connectivity index (χ0) is 12.7. The van der Waals surface area contributed by atoms with Crippen molar-refractivity contribution >= 4 is 17.5 Å². The Balaban J connectivity index is 2.60. The van der Waals surface area contributed by atoms with Gasteiger partial charge in [0.05, 0.1) is 13.5 Å². The molecule has 0 fully saturated rings. The molecule has 0 aliphatic rings. The minimum Gasteiger partial charge on any atom is -0.496 e. The molecule has 3 N–H and O–H groups in total. The van der Waals surface area contributed by atoms with E-state index in [9.17, 15) is 4.79 Å². The van der Waals surface area contributed by atoms with Crippen LogP contribution in [0.1, 0.15) is 12.0 Å². The first-order valence-corrected chi connectivity index (χ1v) is 5.84. The van der Waals surface area contributed by atoms with Gasteiger partial charge in [-0.2, -0.15) is 0 Å². The van der Waals surface area contributed by atoms with Crippen LogP contribution in [0.15, 0.2) is 18.2 Å². The Morgan fingerprint density at radius 2 is 2.29 bits per heavy atom. The summed E-state index contributed by atoms with van der Waals surface area (Å²) in [5, 5.41) is 3.38. The second kappa shape index (κ2) is 7.14. The van der Waals surface area contributed by atoms with E-state index < -0.39 is 0 Å². The molecule has 0 saturated heterocycles. The number of ether oxygens (including phenoxy) is 1. The maximum Gasteiger partial charge on any atom is 0.224 e. The molecule has 1 aromatic rings. The van der Waals surface area contributed by atoms with Crippen molar-refractivity contribution in [3.05, 3.63) is 28.8 Å². The highest BCUT2D eigenvalue weighted by Crippen LogP contribution is 2.22. The summed E-state index contributed by atoms with van der Waals surface area (Å²) in [4.78, 5) is 11.6. The first-order valence-electron chi connectivity index (χ1n) is 5.46. The van der Waals surface area contributed by atoms with E-state index in [1.54, 1.807) is 25.3 Å². The maximum absolute atomic E-state index is 11.6. The lowest BCUT2D eigenvalue weighted by atomic mass is 10.1. The molecule has 1 aromatic carbocycles. The molecule has 0 aliphatic heterocycles. The summed E-state index contributed by atoms with van der Waals surface area (Å²) < 4.78 is 5.17. The van der Waals surface area contributed by atoms with Crippen molar-refractivity contribution in [1.29, 1.82) is 0 Å². The Kier molecular flexibility index (Phi) is 5.80. The number of carbonyl (C=O) groups excluding carboxylic acids is 1. The third-order valence-corrected chi connectivity index (χ3v) is 2.53. The average molecular weight is 257 g/mol. The van der Waals surface area contributed by atoms with Crippen molar-refractivity contribution in [3.8, 4) is 5.75 Å². The van der Waals surface area contributed by atoms with Gasteiger partial charge in [-0.25, -0.2) is 0 Å². The fourth-order valence-corrected chi connectivity index (χ4v) is 1.65. The summed E-state index contributed by atoms with van der Waals surface area (Å²) in [6, 6.07) is 5.23. The Morgan fingerprint density at radius 3 is 2.94 bits per heavy atom. The molecule has 4 nitrogen and oxygen atoms in total. The van der Waals surface area contributed by atoms with E-state index in [0.717, 1.165) is 12.0 Å². The molecule has 94 valence electrons. The number of methoxy groups -OCH3 is 1. The van der Waals surface area contributed by atoms with Crippen LogP contribution in [-0.4, -0.2) is 26.1 Å². The molecular weight excluding hydrogens is 240 g/mol. The van der Waals surface area contributed by atoms with Crippen LogP contribution < -0.4 is 15.8 Å². The van der Waals surface area contributed by atoms with Gasteiger partial charge >= 0.3 is 0 Å². The van der Waals surface area contributed by atoms with Gasteiger partial charge in [0.15, 0.2) is 0 Å². The predicted octanol–water partition coefficient (Wildman–Crippen LogP) is 1.36. The highest BCUT2D eigenvalue weighted by molar-refractivity contribution is 6.30. The zero-order valence-corrected chi connectivity index (χ0v) is 10.6. The monoisotopic (exact) mass is 256 g/mol. The highest BCUT2D eigenvalue weighted by atomic mass is 35.5. The molecular formula is C12H17ClN2O2. The molecule has 0 saturated carbocycles. The third-order valence-electron chi connectivity index (χ3n) is 2.30.